The molecule has 1 aromatic carbocycles. The van der Waals surface area contributed by atoms with Gasteiger partial charge in [-0.1, -0.05) is 131 Å². The molecule has 2 nitrogen and oxygen atoms in total. The monoisotopic (exact) mass is 478 g/mol. The number of benzene rings is 1. The third-order valence-corrected chi connectivity index (χ3v) is 7.94. The number of aromatic hydroxyl groups is 2. The molecule has 0 aliphatic rings. The smallest absolute Gasteiger partial charge is 0.133 e. The lowest BCUT2D eigenvalue weighted by Gasteiger charge is -2.20. The minimum atomic E-state index is 0.199. The normalized spacial score (nSPS) is 11.7. The third-order valence-electron chi connectivity index (χ3n) is 6.74. The van der Waals surface area contributed by atoms with Crippen molar-refractivity contribution in [1.29, 1.82) is 0 Å². The Hall–Kier alpha value is -0.830. The lowest BCUT2D eigenvalue weighted by molar-refractivity contribution is 0.430. The lowest BCUT2D eigenvalue weighted by Crippen LogP contribution is -1.98. The molecule has 0 aromatic heterocycles. The Kier molecular flexibility index (Phi) is 16.9. The number of hydrogen-bond donors (Lipinski definition) is 2. The van der Waals surface area contributed by atoms with E-state index in [1.54, 1.807) is 17.8 Å². The Balaban J connectivity index is 2.12. The van der Waals surface area contributed by atoms with Crippen molar-refractivity contribution in [3.63, 3.8) is 0 Å². The Morgan fingerprint density at radius 1 is 0.636 bits per heavy atom. The van der Waals surface area contributed by atoms with Crippen molar-refractivity contribution in [3.8, 4) is 11.5 Å². The Morgan fingerprint density at radius 2 is 1.06 bits per heavy atom. The summed E-state index contributed by atoms with van der Waals surface area (Å²) in [6.07, 6.45) is 22.1. The second-order valence-electron chi connectivity index (χ2n) is 10.5. The van der Waals surface area contributed by atoms with Gasteiger partial charge in [-0.05, 0) is 30.1 Å². The predicted octanol–water partition coefficient (Wildman–Crippen LogP) is 10.7. The van der Waals surface area contributed by atoms with Crippen LogP contribution in [0.2, 0.25) is 0 Å². The van der Waals surface area contributed by atoms with E-state index in [9.17, 15) is 10.2 Å². The van der Waals surface area contributed by atoms with Gasteiger partial charge in [0.1, 0.15) is 11.5 Å². The molecule has 0 bridgehead atoms. The number of phenolic OH excluding ortho intramolecular Hbond substituents is 2. The van der Waals surface area contributed by atoms with Gasteiger partial charge in [0.25, 0.3) is 0 Å². The maximum absolute atomic E-state index is 10.8. The van der Waals surface area contributed by atoms with Crippen LogP contribution >= 0.6 is 11.8 Å². The molecule has 0 amide bonds. The molecule has 0 radical (unpaired) electrons. The van der Waals surface area contributed by atoms with Gasteiger partial charge in [-0.2, -0.15) is 0 Å². The van der Waals surface area contributed by atoms with Gasteiger partial charge in [-0.25, -0.2) is 0 Å². The van der Waals surface area contributed by atoms with E-state index in [2.05, 4.69) is 34.6 Å². The molecule has 0 atom stereocenters. The van der Waals surface area contributed by atoms with Crippen molar-refractivity contribution < 1.29 is 10.2 Å². The van der Waals surface area contributed by atoms with Gasteiger partial charge in [0.15, 0.2) is 0 Å². The molecule has 192 valence electrons. The topological polar surface area (TPSA) is 40.5 Å². The minimum Gasteiger partial charge on any atom is -0.508 e. The Bertz CT molecular complexity index is 624. The second-order valence-corrected chi connectivity index (χ2v) is 11.6. The van der Waals surface area contributed by atoms with Gasteiger partial charge in [0.05, 0.1) is 4.90 Å². The fourth-order valence-electron chi connectivity index (χ4n) is 4.64. The summed E-state index contributed by atoms with van der Waals surface area (Å²) in [5.41, 5.74) is 1.75. The predicted molar refractivity (Wildman–Crippen MR) is 148 cm³/mol. The SMILES string of the molecule is CCCCCCCCCCCCCCCCCCSc1c(O)c(C(C)C)cc(O)c1C(C)C. The zero-order chi connectivity index (χ0) is 24.5. The van der Waals surface area contributed by atoms with E-state index in [0.29, 0.717) is 11.5 Å². The molecule has 0 fully saturated rings. The largest absolute Gasteiger partial charge is 0.508 e. The molecule has 2 N–H and O–H groups in total. The van der Waals surface area contributed by atoms with Crippen LogP contribution in [0.25, 0.3) is 0 Å². The number of hydrogen-bond acceptors (Lipinski definition) is 3. The number of unbranched alkanes of at least 4 members (excludes halogenated alkanes) is 15. The molecule has 1 rings (SSSR count). The van der Waals surface area contributed by atoms with Crippen LogP contribution in [0.1, 0.15) is 160 Å². The lowest BCUT2D eigenvalue weighted by atomic mass is 9.95. The van der Waals surface area contributed by atoms with Crippen molar-refractivity contribution in [3.05, 3.63) is 17.2 Å². The molecular weight excluding hydrogens is 424 g/mol. The first-order chi connectivity index (χ1) is 15.9. The van der Waals surface area contributed by atoms with Crippen LogP contribution in [0.5, 0.6) is 11.5 Å². The summed E-state index contributed by atoms with van der Waals surface area (Å²) in [6.45, 7) is 10.6. The number of rotatable bonds is 20. The van der Waals surface area contributed by atoms with E-state index < -0.39 is 0 Å². The zero-order valence-corrected chi connectivity index (χ0v) is 23.4. The molecule has 0 aliphatic heterocycles. The van der Waals surface area contributed by atoms with Crippen molar-refractivity contribution >= 4 is 11.8 Å². The van der Waals surface area contributed by atoms with Gasteiger partial charge in [0.2, 0.25) is 0 Å². The van der Waals surface area contributed by atoms with Crippen LogP contribution in [0, 0.1) is 0 Å². The number of phenols is 2. The van der Waals surface area contributed by atoms with Crippen LogP contribution in [0.15, 0.2) is 11.0 Å². The molecule has 0 heterocycles. The van der Waals surface area contributed by atoms with E-state index >= 15 is 0 Å². The van der Waals surface area contributed by atoms with Crippen LogP contribution in [-0.4, -0.2) is 16.0 Å². The van der Waals surface area contributed by atoms with Gasteiger partial charge < -0.3 is 10.2 Å². The first kappa shape index (κ1) is 30.2. The third kappa shape index (κ3) is 12.4. The highest BCUT2D eigenvalue weighted by molar-refractivity contribution is 7.99. The highest BCUT2D eigenvalue weighted by atomic mass is 32.2. The van der Waals surface area contributed by atoms with Gasteiger partial charge >= 0.3 is 0 Å². The average molecular weight is 479 g/mol. The van der Waals surface area contributed by atoms with E-state index in [1.807, 2.05) is 0 Å². The summed E-state index contributed by atoms with van der Waals surface area (Å²) in [5.74, 6) is 2.12. The minimum absolute atomic E-state index is 0.199. The highest BCUT2D eigenvalue weighted by Gasteiger charge is 2.21. The summed E-state index contributed by atoms with van der Waals surface area (Å²) in [5, 5.41) is 21.4. The Labute approximate surface area is 210 Å². The highest BCUT2D eigenvalue weighted by Crippen LogP contribution is 2.45. The summed E-state index contributed by atoms with van der Waals surface area (Å²) in [7, 11) is 0. The molecule has 0 spiro atoms. The van der Waals surface area contributed by atoms with Crippen molar-refractivity contribution in [2.75, 3.05) is 5.75 Å². The molecule has 0 aliphatic carbocycles. The first-order valence-electron chi connectivity index (χ1n) is 14.1. The van der Waals surface area contributed by atoms with Crippen molar-refractivity contribution in [1.82, 2.24) is 0 Å². The zero-order valence-electron chi connectivity index (χ0n) is 22.6. The van der Waals surface area contributed by atoms with Crippen molar-refractivity contribution in [2.45, 2.75) is 154 Å². The van der Waals surface area contributed by atoms with Gasteiger partial charge in [-0.15, -0.1) is 11.8 Å². The van der Waals surface area contributed by atoms with Gasteiger partial charge in [0, 0.05) is 11.1 Å². The summed E-state index contributed by atoms with van der Waals surface area (Å²) < 4.78 is 0. The van der Waals surface area contributed by atoms with Gasteiger partial charge in [-0.3, -0.25) is 0 Å². The van der Waals surface area contributed by atoms with Crippen LogP contribution in [0.4, 0.5) is 0 Å². The maximum Gasteiger partial charge on any atom is 0.133 e. The summed E-state index contributed by atoms with van der Waals surface area (Å²) in [6, 6.07) is 1.76. The van der Waals surface area contributed by atoms with Crippen LogP contribution < -0.4 is 0 Å². The molecule has 3 heteroatoms. The quantitative estimate of drug-likeness (QED) is 0.111. The van der Waals surface area contributed by atoms with E-state index in [-0.39, 0.29) is 11.8 Å². The fourth-order valence-corrected chi connectivity index (χ4v) is 5.94. The van der Waals surface area contributed by atoms with Crippen LogP contribution in [-0.2, 0) is 0 Å². The summed E-state index contributed by atoms with van der Waals surface area (Å²) >= 11 is 1.72. The molecule has 0 saturated carbocycles. The molecule has 1 aromatic rings. The first-order valence-corrected chi connectivity index (χ1v) is 15.1. The second kappa shape index (κ2) is 18.5. The molecule has 0 saturated heterocycles. The van der Waals surface area contributed by atoms with Crippen molar-refractivity contribution in [2.24, 2.45) is 0 Å². The fraction of sp³-hybridized carbons (Fsp3) is 0.800. The Morgan fingerprint density at radius 3 is 1.45 bits per heavy atom. The molecule has 0 unspecified atom stereocenters. The number of thioether (sulfide) groups is 1. The molecular formula is C30H54O2S. The van der Waals surface area contributed by atoms with E-state index in [1.165, 1.54) is 103 Å². The van der Waals surface area contributed by atoms with Crippen LogP contribution in [0.3, 0.4) is 0 Å². The van der Waals surface area contributed by atoms with E-state index in [0.717, 1.165) is 21.8 Å². The summed E-state index contributed by atoms with van der Waals surface area (Å²) in [4.78, 5) is 0.898. The maximum atomic E-state index is 10.8. The van der Waals surface area contributed by atoms with E-state index in [4.69, 9.17) is 0 Å². The average Bonchev–Trinajstić information content (AvgIpc) is 2.77. The standard InChI is InChI=1S/C30H54O2S/c1-6-7-8-9-10-11-12-13-14-15-16-17-18-19-20-21-22-33-30-28(25(4)5)27(31)23-26(24(2)3)29(30)32/h23-25,31-32H,6-22H2,1-5H3. The molecule has 33 heavy (non-hydrogen) atoms.